The highest BCUT2D eigenvalue weighted by atomic mass is 32.2. The quantitative estimate of drug-likeness (QED) is 0.298. The monoisotopic (exact) mass is 571 g/mol. The normalized spacial score (nSPS) is 12.6. The lowest BCUT2D eigenvalue weighted by molar-refractivity contribution is -0.115. The maximum Gasteiger partial charge on any atom is 0.501 e. The highest BCUT2D eigenvalue weighted by molar-refractivity contribution is 7.92. The van der Waals surface area contributed by atoms with Gasteiger partial charge in [0.25, 0.3) is 20.0 Å². The van der Waals surface area contributed by atoms with E-state index in [0.717, 1.165) is 46.9 Å². The highest BCUT2D eigenvalue weighted by Crippen LogP contribution is 2.33. The largest absolute Gasteiger partial charge is 0.501 e. The van der Waals surface area contributed by atoms with E-state index in [-0.39, 0.29) is 36.0 Å². The molecule has 0 atom stereocenters. The molecule has 1 aromatic carbocycles. The summed E-state index contributed by atoms with van der Waals surface area (Å²) in [6, 6.07) is 3.74. The molecule has 5 N–H and O–H groups in total. The van der Waals surface area contributed by atoms with Gasteiger partial charge in [0.05, 0.1) is 40.7 Å². The minimum Gasteiger partial charge on any atom is -0.389 e. The average Bonchev–Trinajstić information content (AvgIpc) is 3.37. The first-order chi connectivity index (χ1) is 16.2. The maximum absolute atomic E-state index is 12.6. The molecule has 0 aliphatic heterocycles. The fourth-order valence-electron chi connectivity index (χ4n) is 2.66. The number of nitrogens with two attached hydrogens (primary N) is 1. The molecule has 2 heterocycles. The Hall–Kier alpha value is -2.48. The molecule has 2 aromatic heterocycles. The Kier molecular flexibility index (Phi) is 7.94. The number of sulfone groups is 1. The third-order valence-corrected chi connectivity index (χ3v) is 8.12. The maximum atomic E-state index is 12.6. The molecule has 0 saturated carbocycles. The average molecular weight is 572 g/mol. The van der Waals surface area contributed by atoms with Gasteiger partial charge in [0.1, 0.15) is 5.01 Å². The van der Waals surface area contributed by atoms with E-state index in [0.29, 0.717) is 15.6 Å². The zero-order chi connectivity index (χ0) is 26.0. The van der Waals surface area contributed by atoms with E-state index in [1.54, 1.807) is 5.38 Å². The van der Waals surface area contributed by atoms with E-state index in [4.69, 9.17) is 5.14 Å². The van der Waals surface area contributed by atoms with Gasteiger partial charge < -0.3 is 10.4 Å². The minimum absolute atomic E-state index is 0.172. The van der Waals surface area contributed by atoms with Gasteiger partial charge in [0, 0.05) is 5.38 Å². The SMILES string of the molecule is NS(=O)(=O)NCc1nc(CO)sc1-c1csc(NC(=O)Cc2ccc(S(=O)(=O)C(F)(F)F)cc2)n1. The molecule has 0 unspecified atom stereocenters. The number of halogens is 3. The van der Waals surface area contributed by atoms with Crippen molar-refractivity contribution in [3.63, 3.8) is 0 Å². The number of nitrogens with zero attached hydrogens (tertiary/aromatic N) is 2. The third kappa shape index (κ3) is 6.81. The third-order valence-electron chi connectivity index (χ3n) is 4.20. The zero-order valence-electron chi connectivity index (χ0n) is 17.2. The van der Waals surface area contributed by atoms with Crippen LogP contribution in [0.15, 0.2) is 34.5 Å². The van der Waals surface area contributed by atoms with Gasteiger partial charge in [-0.15, -0.1) is 22.7 Å². The molecule has 18 heteroatoms. The number of carbonyl (C=O) groups is 1. The minimum atomic E-state index is -5.48. The molecule has 35 heavy (non-hydrogen) atoms. The molecule has 0 radical (unpaired) electrons. The van der Waals surface area contributed by atoms with Crippen molar-refractivity contribution in [3.8, 4) is 10.6 Å². The lowest BCUT2D eigenvalue weighted by atomic mass is 10.1. The van der Waals surface area contributed by atoms with Gasteiger partial charge in [0.15, 0.2) is 5.13 Å². The van der Waals surface area contributed by atoms with Crippen molar-refractivity contribution in [3.05, 3.63) is 45.9 Å². The van der Waals surface area contributed by atoms with Gasteiger partial charge in [-0.25, -0.2) is 23.5 Å². The number of hydrogen-bond donors (Lipinski definition) is 4. The molecule has 0 bridgehead atoms. The van der Waals surface area contributed by atoms with Gasteiger partial charge in [-0.2, -0.15) is 26.3 Å². The van der Waals surface area contributed by atoms with E-state index >= 15 is 0 Å². The van der Waals surface area contributed by atoms with Crippen molar-refractivity contribution in [1.82, 2.24) is 14.7 Å². The van der Waals surface area contributed by atoms with Crippen LogP contribution in [0.4, 0.5) is 18.3 Å². The number of thiazole rings is 2. The van der Waals surface area contributed by atoms with Crippen LogP contribution < -0.4 is 15.2 Å². The van der Waals surface area contributed by atoms with E-state index in [1.807, 2.05) is 0 Å². The number of aliphatic hydroxyl groups is 1. The molecule has 0 aliphatic carbocycles. The molecule has 1 amide bonds. The number of nitrogens with one attached hydrogen (secondary N) is 2. The summed E-state index contributed by atoms with van der Waals surface area (Å²) in [4.78, 5) is 20.2. The molecule has 0 spiro atoms. The predicted molar refractivity (Wildman–Crippen MR) is 121 cm³/mol. The van der Waals surface area contributed by atoms with E-state index < -0.39 is 36.4 Å². The number of amides is 1. The summed E-state index contributed by atoms with van der Waals surface area (Å²) >= 11 is 2.12. The van der Waals surface area contributed by atoms with Crippen molar-refractivity contribution in [2.75, 3.05) is 5.32 Å². The summed E-state index contributed by atoms with van der Waals surface area (Å²) in [5.41, 5.74) is -4.54. The van der Waals surface area contributed by atoms with Crippen molar-refractivity contribution in [2.45, 2.75) is 30.0 Å². The first-order valence-corrected chi connectivity index (χ1v) is 13.9. The van der Waals surface area contributed by atoms with E-state index in [1.165, 1.54) is 0 Å². The standard InChI is InChI=1S/C17H16F3N5O6S4/c18-17(19,20)34(28,29)10-3-1-9(2-4-10)5-13(27)25-16-24-12(8-32-16)15-11(6-22-35(21,30)31)23-14(7-26)33-15/h1-4,8,22,26H,5-7H2,(H2,21,30,31)(H,24,25,27). The number of alkyl halides is 3. The Balaban J connectivity index is 1.70. The molecule has 11 nitrogen and oxygen atoms in total. The van der Waals surface area contributed by atoms with Gasteiger partial charge in [0.2, 0.25) is 5.91 Å². The van der Waals surface area contributed by atoms with Gasteiger partial charge >= 0.3 is 5.51 Å². The fourth-order valence-corrected chi connectivity index (χ4v) is 5.45. The van der Waals surface area contributed by atoms with Crippen LogP contribution in [0.1, 0.15) is 16.3 Å². The van der Waals surface area contributed by atoms with Crippen LogP contribution in [0.2, 0.25) is 0 Å². The smallest absolute Gasteiger partial charge is 0.389 e. The molecule has 190 valence electrons. The second kappa shape index (κ2) is 10.2. The van der Waals surface area contributed by atoms with Crippen molar-refractivity contribution in [2.24, 2.45) is 5.14 Å². The van der Waals surface area contributed by atoms with Gasteiger partial charge in [-0.1, -0.05) is 12.1 Å². The first kappa shape index (κ1) is 27.1. The summed E-state index contributed by atoms with van der Waals surface area (Å²) in [7, 11) is -9.47. The first-order valence-electron chi connectivity index (χ1n) is 9.22. The zero-order valence-corrected chi connectivity index (χ0v) is 20.5. The lowest BCUT2D eigenvalue weighted by Gasteiger charge is -2.08. The number of aliphatic hydroxyl groups excluding tert-OH is 1. The number of rotatable bonds is 9. The second-order valence-corrected chi connectivity index (χ2v) is 12.0. The summed E-state index contributed by atoms with van der Waals surface area (Å²) < 4.78 is 85.1. The Morgan fingerprint density at radius 2 is 1.77 bits per heavy atom. The van der Waals surface area contributed by atoms with Crippen LogP contribution in [-0.4, -0.2) is 43.3 Å². The summed E-state index contributed by atoms with van der Waals surface area (Å²) in [6.07, 6.45) is -0.264. The summed E-state index contributed by atoms with van der Waals surface area (Å²) in [5.74, 6) is -0.561. The Morgan fingerprint density at radius 3 is 2.34 bits per heavy atom. The molecule has 0 fully saturated rings. The van der Waals surface area contributed by atoms with Crippen LogP contribution >= 0.6 is 22.7 Å². The lowest BCUT2D eigenvalue weighted by Crippen LogP contribution is -2.30. The molecular formula is C17H16F3N5O6S4. The predicted octanol–water partition coefficient (Wildman–Crippen LogP) is 1.53. The van der Waals surface area contributed by atoms with Crippen LogP contribution in [-0.2, 0) is 44.4 Å². The number of aromatic nitrogens is 2. The van der Waals surface area contributed by atoms with Crippen LogP contribution in [0.3, 0.4) is 0 Å². The van der Waals surface area contributed by atoms with E-state index in [2.05, 4.69) is 20.0 Å². The Morgan fingerprint density at radius 1 is 1.11 bits per heavy atom. The van der Waals surface area contributed by atoms with Crippen LogP contribution in [0, 0.1) is 0 Å². The Bertz CT molecular complexity index is 1430. The Labute approximate surface area is 205 Å². The van der Waals surface area contributed by atoms with E-state index in [9.17, 15) is 39.9 Å². The number of hydrogen-bond acceptors (Lipinski definition) is 10. The number of carbonyl (C=O) groups excluding carboxylic acids is 1. The molecule has 0 saturated heterocycles. The topological polar surface area (TPSA) is 181 Å². The summed E-state index contributed by atoms with van der Waals surface area (Å²) in [6.45, 7) is -0.631. The number of benzene rings is 1. The molecule has 3 aromatic rings. The molecular weight excluding hydrogens is 555 g/mol. The second-order valence-electron chi connectivity index (χ2n) is 6.76. The number of anilines is 1. The fraction of sp³-hybridized carbons (Fsp3) is 0.235. The highest BCUT2D eigenvalue weighted by Gasteiger charge is 2.46. The van der Waals surface area contributed by atoms with Crippen molar-refractivity contribution in [1.29, 1.82) is 0 Å². The molecule has 0 aliphatic rings. The molecule has 3 rings (SSSR count). The van der Waals surface area contributed by atoms with Crippen molar-refractivity contribution < 1.29 is 39.9 Å². The van der Waals surface area contributed by atoms with Crippen LogP contribution in [0.5, 0.6) is 0 Å². The van der Waals surface area contributed by atoms with Gasteiger partial charge in [-0.05, 0) is 17.7 Å². The van der Waals surface area contributed by atoms with Gasteiger partial charge in [-0.3, -0.25) is 4.79 Å². The van der Waals surface area contributed by atoms with Crippen LogP contribution in [0.25, 0.3) is 10.6 Å². The van der Waals surface area contributed by atoms with Crippen molar-refractivity contribution >= 4 is 53.8 Å². The summed E-state index contributed by atoms with van der Waals surface area (Å²) in [5, 5.41) is 18.8.